The van der Waals surface area contributed by atoms with E-state index in [-0.39, 0.29) is 0 Å². The Morgan fingerprint density at radius 1 is 1.26 bits per heavy atom. The van der Waals surface area contributed by atoms with Gasteiger partial charge in [0.25, 0.3) is 4.58 Å². The van der Waals surface area contributed by atoms with Crippen LogP contribution in [0.15, 0.2) is 18.2 Å². The van der Waals surface area contributed by atoms with Crippen LogP contribution in [-0.4, -0.2) is 23.3 Å². The molecule has 176 valence electrons. The Kier molecular flexibility index (Phi) is 7.58. The van der Waals surface area contributed by atoms with Crippen molar-refractivity contribution in [2.75, 3.05) is 6.54 Å². The zero-order valence-corrected chi connectivity index (χ0v) is 20.1. The molecule has 0 radical (unpaired) electrons. The van der Waals surface area contributed by atoms with Gasteiger partial charge in [0.15, 0.2) is 0 Å². The molecule has 0 bridgehead atoms. The lowest BCUT2D eigenvalue weighted by Crippen LogP contribution is -2.63. The fourth-order valence-corrected chi connectivity index (χ4v) is 5.42. The maximum atomic E-state index is 11.8. The molecule has 8 heteroatoms. The zero-order chi connectivity index (χ0) is 23.8. The van der Waals surface area contributed by atoms with Gasteiger partial charge in [0.2, 0.25) is 0 Å². The molecule has 0 heterocycles. The normalized spacial score (nSPS) is 29.8. The lowest BCUT2D eigenvalue weighted by Gasteiger charge is -2.54. The van der Waals surface area contributed by atoms with E-state index in [0.29, 0.717) is 16.7 Å². The molecule has 2 aliphatic rings. The van der Waals surface area contributed by atoms with Crippen molar-refractivity contribution in [1.29, 1.82) is 0 Å². The maximum Gasteiger partial charge on any atom is 0.438 e. The molecule has 3 N–H and O–H groups in total. The number of hydrogen-bond acceptors (Lipinski definition) is 2. The van der Waals surface area contributed by atoms with Crippen molar-refractivity contribution in [3.8, 4) is 0 Å². The first-order chi connectivity index (χ1) is 14.1. The second-order valence-electron chi connectivity index (χ2n) is 9.70. The van der Waals surface area contributed by atoms with Crippen LogP contribution in [0.2, 0.25) is 0 Å². The quantitative estimate of drug-likeness (QED) is 0.483. The van der Waals surface area contributed by atoms with Gasteiger partial charge >= 0.3 is 6.18 Å². The van der Waals surface area contributed by atoms with Crippen LogP contribution < -0.4 is 10.8 Å². The summed E-state index contributed by atoms with van der Waals surface area (Å²) < 4.78 is 41.1. The lowest BCUT2D eigenvalue weighted by molar-refractivity contribution is -0.399. The summed E-state index contributed by atoms with van der Waals surface area (Å²) >= 11 is 1.31. The second-order valence-corrected chi connectivity index (χ2v) is 10.8. The molecule has 0 aromatic heterocycles. The third-order valence-corrected chi connectivity index (χ3v) is 8.12. The molecule has 1 aromatic carbocycles. The number of hydrogen-bond donors (Lipinski definition) is 1. The van der Waals surface area contributed by atoms with Crippen LogP contribution in [0, 0.1) is 11.3 Å². The number of aliphatic carboxylic acids is 1. The number of quaternary nitrogens is 1. The summed E-state index contributed by atoms with van der Waals surface area (Å²) in [5.74, 6) is -1.41. The zero-order valence-electron chi connectivity index (χ0n) is 18.5. The molecule has 0 spiro atoms. The molecular formula is C23H32BrF4NO2. The number of alkyl halides is 5. The average Bonchev–Trinajstić information content (AvgIpc) is 2.67. The SMILES string of the molecule is CC(C)c1ccc2c(c1)CC[C@H]1[C@](C)(C[NH3+])CCC[C@]21C.O=C([O-])[C@@](F)(Br)C(F)(F)F. The lowest BCUT2D eigenvalue weighted by atomic mass is 9.50. The predicted molar refractivity (Wildman–Crippen MR) is 113 cm³/mol. The van der Waals surface area contributed by atoms with Gasteiger partial charge < -0.3 is 15.6 Å². The van der Waals surface area contributed by atoms with E-state index in [1.807, 2.05) is 0 Å². The predicted octanol–water partition coefficient (Wildman–Crippen LogP) is 4.42. The van der Waals surface area contributed by atoms with Gasteiger partial charge in [-0.15, -0.1) is 0 Å². The van der Waals surface area contributed by atoms with Crippen LogP contribution in [0.3, 0.4) is 0 Å². The summed E-state index contributed by atoms with van der Waals surface area (Å²) in [5, 5.41) is 9.41. The number of fused-ring (bicyclic) bond motifs is 3. The Morgan fingerprint density at radius 3 is 2.32 bits per heavy atom. The number of carboxylic acids is 1. The monoisotopic (exact) mass is 509 g/mol. The Labute approximate surface area is 189 Å². The maximum absolute atomic E-state index is 11.8. The fourth-order valence-electron chi connectivity index (χ4n) is 5.42. The largest absolute Gasteiger partial charge is 0.545 e. The number of rotatable bonds is 3. The molecule has 0 unspecified atom stereocenters. The van der Waals surface area contributed by atoms with Crippen LogP contribution in [0.1, 0.15) is 76.0 Å². The number of benzene rings is 1. The molecule has 1 aromatic rings. The first kappa shape index (κ1) is 26.1. The number of halogens is 5. The van der Waals surface area contributed by atoms with Crippen molar-refractivity contribution in [2.24, 2.45) is 11.3 Å². The molecule has 2 aliphatic carbocycles. The van der Waals surface area contributed by atoms with Gasteiger partial charge in [-0.05, 0) is 75.6 Å². The minimum atomic E-state index is -5.49. The molecule has 4 atom stereocenters. The smallest absolute Gasteiger partial charge is 0.438 e. The van der Waals surface area contributed by atoms with Gasteiger partial charge in [-0.25, -0.2) is 4.39 Å². The highest BCUT2D eigenvalue weighted by molar-refractivity contribution is 9.10. The molecule has 1 saturated carbocycles. The van der Waals surface area contributed by atoms with Gasteiger partial charge in [-0.2, -0.15) is 13.2 Å². The van der Waals surface area contributed by atoms with Crippen LogP contribution in [0.5, 0.6) is 0 Å². The van der Waals surface area contributed by atoms with Crippen LogP contribution >= 0.6 is 15.9 Å². The third-order valence-electron chi connectivity index (χ3n) is 7.35. The molecule has 1 fully saturated rings. The molecule has 31 heavy (non-hydrogen) atoms. The van der Waals surface area contributed by atoms with Crippen molar-refractivity contribution in [2.45, 2.75) is 81.9 Å². The van der Waals surface area contributed by atoms with E-state index in [1.165, 1.54) is 53.6 Å². The van der Waals surface area contributed by atoms with E-state index in [9.17, 15) is 27.5 Å². The highest BCUT2D eigenvalue weighted by Crippen LogP contribution is 2.56. The van der Waals surface area contributed by atoms with Crippen molar-refractivity contribution >= 4 is 21.9 Å². The second kappa shape index (κ2) is 9.00. The van der Waals surface area contributed by atoms with Gasteiger partial charge in [0, 0.05) is 5.41 Å². The average molecular weight is 510 g/mol. The highest BCUT2D eigenvalue weighted by Gasteiger charge is 2.56. The van der Waals surface area contributed by atoms with Crippen molar-refractivity contribution in [3.05, 3.63) is 34.9 Å². The first-order valence-corrected chi connectivity index (χ1v) is 11.5. The fraction of sp³-hybridized carbons (Fsp3) is 0.696. The van der Waals surface area contributed by atoms with Gasteiger partial charge in [-0.3, -0.25) is 0 Å². The van der Waals surface area contributed by atoms with E-state index < -0.39 is 16.7 Å². The van der Waals surface area contributed by atoms with Crippen molar-refractivity contribution in [1.82, 2.24) is 0 Å². The van der Waals surface area contributed by atoms with Crippen LogP contribution in [-0.2, 0) is 16.6 Å². The summed E-state index contributed by atoms with van der Waals surface area (Å²) in [6, 6.07) is 7.34. The Hall–Kier alpha value is -1.15. The summed E-state index contributed by atoms with van der Waals surface area (Å²) in [5.41, 5.74) is 9.92. The topological polar surface area (TPSA) is 67.8 Å². The van der Waals surface area contributed by atoms with Crippen LogP contribution in [0.4, 0.5) is 17.6 Å². The Bertz CT molecular complexity index is 811. The minimum absolute atomic E-state index is 0.383. The number of carbonyl (C=O) groups is 1. The van der Waals surface area contributed by atoms with Gasteiger partial charge in [0.05, 0.1) is 12.5 Å². The van der Waals surface area contributed by atoms with Gasteiger partial charge in [0.1, 0.15) is 0 Å². The van der Waals surface area contributed by atoms with E-state index >= 15 is 0 Å². The van der Waals surface area contributed by atoms with Crippen molar-refractivity contribution in [3.63, 3.8) is 0 Å². The van der Waals surface area contributed by atoms with Gasteiger partial charge in [-0.1, -0.05) is 52.3 Å². The molecule has 0 saturated heterocycles. The Morgan fingerprint density at radius 2 is 1.87 bits per heavy atom. The molecule has 0 aliphatic heterocycles. The van der Waals surface area contributed by atoms with E-state index in [1.54, 1.807) is 11.1 Å². The summed E-state index contributed by atoms with van der Waals surface area (Å²) in [6.07, 6.45) is 1.23. The molecular weight excluding hydrogens is 478 g/mol. The van der Waals surface area contributed by atoms with E-state index in [0.717, 1.165) is 12.5 Å². The standard InChI is InChI=1S/C20H31N.C3HBrF4O2/c1-14(2)15-6-8-17-16(12-15)7-9-18-19(3,13-21)10-5-11-20(17,18)4;4-2(5,1(9)10)3(6,7)8/h6,8,12,14,18H,5,7,9-11,13,21H2,1-4H3;(H,9,10)/t18-,19-,20+;2-/m00/s1. The molecule has 3 rings (SSSR count). The van der Waals surface area contributed by atoms with Crippen molar-refractivity contribution < 1.29 is 33.2 Å². The number of carboxylic acid groups (broad SMARTS) is 1. The number of aryl methyl sites for hydroxylation is 1. The van der Waals surface area contributed by atoms with Crippen LogP contribution in [0.25, 0.3) is 0 Å². The summed E-state index contributed by atoms with van der Waals surface area (Å²) in [7, 11) is 0. The summed E-state index contributed by atoms with van der Waals surface area (Å²) in [6.45, 7) is 10.7. The Balaban J connectivity index is 0.000000291. The van der Waals surface area contributed by atoms with E-state index in [2.05, 4.69) is 51.6 Å². The van der Waals surface area contributed by atoms with E-state index in [4.69, 9.17) is 0 Å². The third kappa shape index (κ3) is 4.95. The number of carbonyl (C=O) groups excluding carboxylic acids is 1. The summed E-state index contributed by atoms with van der Waals surface area (Å²) in [4.78, 5) is 9.41. The molecule has 0 amide bonds. The molecule has 3 nitrogen and oxygen atoms in total. The highest BCUT2D eigenvalue weighted by atomic mass is 79.9. The first-order valence-electron chi connectivity index (χ1n) is 10.7. The minimum Gasteiger partial charge on any atom is -0.545 e.